The van der Waals surface area contributed by atoms with Gasteiger partial charge in [0, 0.05) is 9.90 Å². The molecule has 0 saturated carbocycles. The lowest BCUT2D eigenvalue weighted by Gasteiger charge is -2.06. The van der Waals surface area contributed by atoms with Gasteiger partial charge < -0.3 is 4.52 Å². The highest BCUT2D eigenvalue weighted by atomic mass is 35.5. The molecule has 0 aliphatic heterocycles. The van der Waals surface area contributed by atoms with Crippen molar-refractivity contribution in [3.05, 3.63) is 67.9 Å². The van der Waals surface area contributed by atoms with Gasteiger partial charge in [-0.2, -0.15) is 0 Å². The van der Waals surface area contributed by atoms with Gasteiger partial charge in [-0.1, -0.05) is 22.8 Å². The summed E-state index contributed by atoms with van der Waals surface area (Å²) < 4.78 is 32.4. The van der Waals surface area contributed by atoms with Crippen LogP contribution in [0, 0.1) is 17.0 Å². The topological polar surface area (TPSA) is 115 Å². The van der Waals surface area contributed by atoms with Crippen molar-refractivity contribution in [3.63, 3.8) is 0 Å². The Bertz CT molecular complexity index is 1130. The van der Waals surface area contributed by atoms with Gasteiger partial charge in [0.05, 0.1) is 10.6 Å². The van der Waals surface area contributed by atoms with Gasteiger partial charge in [-0.25, -0.2) is 8.42 Å². The van der Waals surface area contributed by atoms with E-state index in [1.54, 1.807) is 24.3 Å². The van der Waals surface area contributed by atoms with Crippen molar-refractivity contribution in [1.29, 1.82) is 0 Å². The number of anilines is 1. The number of nitrogens with one attached hydrogen (secondary N) is 1. The fourth-order valence-corrected chi connectivity index (χ4v) is 4.67. The number of nitrogens with zero attached hydrogens (tertiary/aromatic N) is 2. The number of nitro groups is 1. The molecule has 2 heterocycles. The van der Waals surface area contributed by atoms with Crippen LogP contribution >= 0.6 is 22.9 Å². The molecule has 0 aliphatic rings. The summed E-state index contributed by atoms with van der Waals surface area (Å²) in [6.45, 7) is 1.47. The molecular weight excluding hydrogens is 414 g/mol. The molecule has 0 spiro atoms. The highest BCUT2D eigenvalue weighted by Gasteiger charge is 2.22. The third kappa shape index (κ3) is 4.35. The molecule has 8 nitrogen and oxygen atoms in total. The Morgan fingerprint density at radius 1 is 1.30 bits per heavy atom. The molecule has 0 amide bonds. The van der Waals surface area contributed by atoms with Gasteiger partial charge in [0.2, 0.25) is 5.76 Å². The maximum atomic E-state index is 12.5. The zero-order chi connectivity index (χ0) is 19.6. The van der Waals surface area contributed by atoms with Crippen LogP contribution in [0.1, 0.15) is 16.3 Å². The summed E-state index contributed by atoms with van der Waals surface area (Å²) in [5.74, 6) is -0.00707. The smallest absolute Gasteiger partial charge is 0.338 e. The molecule has 1 N–H and O–H groups in total. The Morgan fingerprint density at radius 3 is 2.78 bits per heavy atom. The van der Waals surface area contributed by atoms with Gasteiger partial charge >= 0.3 is 5.69 Å². The van der Waals surface area contributed by atoms with Crippen molar-refractivity contribution in [2.24, 2.45) is 0 Å². The predicted octanol–water partition coefficient (Wildman–Crippen LogP) is 4.58. The van der Waals surface area contributed by atoms with Crippen LogP contribution < -0.4 is 4.72 Å². The molecule has 140 valence electrons. The SMILES string of the molecule is Cc1noc(/C=C/c2ccc(S(=O)(=O)Nc3cccc(Cl)c3)s2)c1[N+](=O)[O-]. The normalized spacial score (nSPS) is 11.8. The van der Waals surface area contributed by atoms with E-state index in [4.69, 9.17) is 16.1 Å². The van der Waals surface area contributed by atoms with E-state index in [2.05, 4.69) is 9.88 Å². The quantitative estimate of drug-likeness (QED) is 0.456. The summed E-state index contributed by atoms with van der Waals surface area (Å²) >= 11 is 6.86. The zero-order valence-corrected chi connectivity index (χ0v) is 16.1. The number of halogens is 1. The molecule has 0 bridgehead atoms. The van der Waals surface area contributed by atoms with Crippen molar-refractivity contribution in [1.82, 2.24) is 5.16 Å². The summed E-state index contributed by atoms with van der Waals surface area (Å²) in [5, 5.41) is 15.0. The molecule has 0 fully saturated rings. The van der Waals surface area contributed by atoms with E-state index >= 15 is 0 Å². The first-order valence-electron chi connectivity index (χ1n) is 7.43. The van der Waals surface area contributed by atoms with E-state index in [0.29, 0.717) is 15.6 Å². The summed E-state index contributed by atoms with van der Waals surface area (Å²) in [7, 11) is -3.78. The van der Waals surface area contributed by atoms with Crippen LogP contribution in [-0.4, -0.2) is 18.5 Å². The number of hydrogen-bond acceptors (Lipinski definition) is 7. The van der Waals surface area contributed by atoms with Gasteiger partial charge in [0.25, 0.3) is 10.0 Å². The van der Waals surface area contributed by atoms with Crippen LogP contribution in [0.15, 0.2) is 45.1 Å². The lowest BCUT2D eigenvalue weighted by Crippen LogP contribution is -2.11. The number of benzene rings is 1. The minimum atomic E-state index is -3.78. The molecule has 0 atom stereocenters. The molecule has 11 heteroatoms. The number of sulfonamides is 1. The first-order valence-corrected chi connectivity index (χ1v) is 10.1. The van der Waals surface area contributed by atoms with E-state index in [9.17, 15) is 18.5 Å². The van der Waals surface area contributed by atoms with Crippen molar-refractivity contribution in [3.8, 4) is 0 Å². The van der Waals surface area contributed by atoms with Gasteiger partial charge in [-0.3, -0.25) is 14.8 Å². The largest absolute Gasteiger partial charge is 0.349 e. The zero-order valence-electron chi connectivity index (χ0n) is 13.7. The van der Waals surface area contributed by atoms with E-state index in [-0.39, 0.29) is 21.4 Å². The van der Waals surface area contributed by atoms with E-state index in [0.717, 1.165) is 11.3 Å². The molecule has 0 aliphatic carbocycles. The van der Waals surface area contributed by atoms with E-state index in [1.807, 2.05) is 0 Å². The minimum Gasteiger partial charge on any atom is -0.349 e. The van der Waals surface area contributed by atoms with Crippen molar-refractivity contribution in [2.75, 3.05) is 4.72 Å². The van der Waals surface area contributed by atoms with Gasteiger partial charge in [-0.15, -0.1) is 11.3 Å². The highest BCUT2D eigenvalue weighted by molar-refractivity contribution is 7.94. The standard InChI is InChI=1S/C16H12ClN3O5S2/c1-10-16(20(21)22)14(25-18-10)7-5-13-6-8-15(26-13)27(23,24)19-12-4-2-3-11(17)9-12/h2-9,19H,1H3/b7-5+. The van der Waals surface area contributed by atoms with Crippen molar-refractivity contribution in [2.45, 2.75) is 11.1 Å². The van der Waals surface area contributed by atoms with Gasteiger partial charge in [-0.05, 0) is 49.4 Å². The lowest BCUT2D eigenvalue weighted by molar-refractivity contribution is -0.386. The fraction of sp³-hybridized carbons (Fsp3) is 0.0625. The van der Waals surface area contributed by atoms with Crippen LogP contribution in [0.4, 0.5) is 11.4 Å². The molecule has 27 heavy (non-hydrogen) atoms. The minimum absolute atomic E-state index is 0.00707. The van der Waals surface area contributed by atoms with Crippen molar-refractivity contribution < 1.29 is 17.9 Å². The molecule has 3 rings (SSSR count). The summed E-state index contributed by atoms with van der Waals surface area (Å²) in [6, 6.07) is 9.38. The Labute approximate surface area is 163 Å². The van der Waals surface area contributed by atoms with Crippen LogP contribution in [0.5, 0.6) is 0 Å². The maximum Gasteiger partial charge on any atom is 0.338 e. The second kappa shape index (κ2) is 7.51. The summed E-state index contributed by atoms with van der Waals surface area (Å²) in [5.41, 5.74) is 0.291. The number of hydrogen-bond donors (Lipinski definition) is 1. The summed E-state index contributed by atoms with van der Waals surface area (Å²) in [6.07, 6.45) is 2.90. The average molecular weight is 426 g/mol. The van der Waals surface area contributed by atoms with Crippen LogP contribution in [-0.2, 0) is 10.0 Å². The predicted molar refractivity (Wildman–Crippen MR) is 103 cm³/mol. The molecule has 2 aromatic heterocycles. The first kappa shape index (κ1) is 19.1. The lowest BCUT2D eigenvalue weighted by atomic mass is 10.3. The third-order valence-electron chi connectivity index (χ3n) is 3.38. The molecular formula is C16H12ClN3O5S2. The molecule has 0 unspecified atom stereocenters. The van der Waals surface area contributed by atoms with E-state index < -0.39 is 14.9 Å². The number of aromatic nitrogens is 1. The Balaban J connectivity index is 1.81. The molecule has 0 radical (unpaired) electrons. The number of aryl methyl sites for hydroxylation is 1. The Hall–Kier alpha value is -2.69. The second-order valence-corrected chi connectivity index (χ2v) is 8.80. The number of thiophene rings is 1. The van der Waals surface area contributed by atoms with Gasteiger partial charge in [0.15, 0.2) is 5.69 Å². The first-order chi connectivity index (χ1) is 12.8. The van der Waals surface area contributed by atoms with Crippen LogP contribution in [0.3, 0.4) is 0 Å². The molecule has 1 aromatic carbocycles. The Morgan fingerprint density at radius 2 is 2.07 bits per heavy atom. The van der Waals surface area contributed by atoms with Crippen LogP contribution in [0.2, 0.25) is 5.02 Å². The second-order valence-electron chi connectivity index (χ2n) is 5.34. The van der Waals surface area contributed by atoms with Gasteiger partial charge in [0.1, 0.15) is 4.21 Å². The maximum absolute atomic E-state index is 12.5. The Kier molecular flexibility index (Phi) is 5.31. The van der Waals surface area contributed by atoms with Crippen LogP contribution in [0.25, 0.3) is 12.2 Å². The molecule has 0 saturated heterocycles. The monoisotopic (exact) mass is 425 g/mol. The third-order valence-corrected chi connectivity index (χ3v) is 6.54. The van der Waals surface area contributed by atoms with Crippen molar-refractivity contribution >= 4 is 56.5 Å². The highest BCUT2D eigenvalue weighted by Crippen LogP contribution is 2.28. The van der Waals surface area contributed by atoms with E-state index in [1.165, 1.54) is 31.2 Å². The molecule has 3 aromatic rings. The average Bonchev–Trinajstić information content (AvgIpc) is 3.19. The fourth-order valence-electron chi connectivity index (χ4n) is 2.20. The summed E-state index contributed by atoms with van der Waals surface area (Å²) in [4.78, 5) is 11.0. The number of rotatable bonds is 6.